The van der Waals surface area contributed by atoms with E-state index in [4.69, 9.17) is 0 Å². The van der Waals surface area contributed by atoms with Gasteiger partial charge in [-0.15, -0.1) is 0 Å². The van der Waals surface area contributed by atoms with Gasteiger partial charge in [0, 0.05) is 42.5 Å². The van der Waals surface area contributed by atoms with Crippen molar-refractivity contribution < 1.29 is 14.7 Å². The van der Waals surface area contributed by atoms with Crippen LogP contribution in [-0.2, 0) is 11.3 Å². The van der Waals surface area contributed by atoms with Crippen molar-refractivity contribution in [3.05, 3.63) is 72.8 Å². The number of aryl methyl sites for hydroxylation is 1. The third-order valence-corrected chi connectivity index (χ3v) is 4.64. The molecule has 0 bridgehead atoms. The van der Waals surface area contributed by atoms with Gasteiger partial charge in [0.05, 0.1) is 11.0 Å². The van der Waals surface area contributed by atoms with Crippen LogP contribution in [0.5, 0.6) is 0 Å². The first-order chi connectivity index (χ1) is 14.1. The summed E-state index contributed by atoms with van der Waals surface area (Å²) >= 11 is 0. The summed E-state index contributed by atoms with van der Waals surface area (Å²) < 4.78 is 1.87. The van der Waals surface area contributed by atoms with Crippen LogP contribution >= 0.6 is 0 Å². The highest BCUT2D eigenvalue weighted by Gasteiger charge is 2.21. The Hall–Kier alpha value is -3.94. The van der Waals surface area contributed by atoms with Gasteiger partial charge < -0.3 is 20.0 Å². The number of carboxylic acid groups (broad SMARTS) is 1. The molecule has 0 spiro atoms. The number of aromatic amines is 1. The third kappa shape index (κ3) is 4.16. The number of nitrogens with one attached hydrogen (secondary N) is 2. The maximum Gasteiger partial charge on any atom is 0.326 e. The van der Waals surface area contributed by atoms with Gasteiger partial charge in [-0.05, 0) is 48.9 Å². The first kappa shape index (κ1) is 18.4. The van der Waals surface area contributed by atoms with Crippen LogP contribution in [-0.4, -0.2) is 42.5 Å². The van der Waals surface area contributed by atoms with Gasteiger partial charge in [0.25, 0.3) is 5.91 Å². The number of carbonyl (C=O) groups excluding carboxylic acids is 1. The minimum Gasteiger partial charge on any atom is -0.480 e. The fourth-order valence-electron chi connectivity index (χ4n) is 3.09. The predicted octanol–water partition coefficient (Wildman–Crippen LogP) is 2.70. The Labute approximate surface area is 166 Å². The number of hydrogen-bond donors (Lipinski definition) is 3. The molecule has 4 aromatic rings. The normalized spacial score (nSPS) is 12.0. The number of aromatic nitrogens is 4. The monoisotopic (exact) mass is 389 g/mol. The molecule has 0 aliphatic carbocycles. The topological polar surface area (TPSA) is 113 Å². The number of H-pyrrole nitrogens is 1. The van der Waals surface area contributed by atoms with Crippen molar-refractivity contribution in [2.75, 3.05) is 0 Å². The number of fused-ring (bicyclic) bond motifs is 1. The molecule has 0 saturated carbocycles. The molecule has 3 aromatic heterocycles. The Kier molecular flexibility index (Phi) is 5.07. The van der Waals surface area contributed by atoms with Gasteiger partial charge in [0.2, 0.25) is 0 Å². The minimum absolute atomic E-state index is 0.286. The van der Waals surface area contributed by atoms with Crippen LogP contribution in [0.25, 0.3) is 22.4 Å². The van der Waals surface area contributed by atoms with Crippen molar-refractivity contribution in [3.63, 3.8) is 0 Å². The number of imidazole rings is 1. The summed E-state index contributed by atoms with van der Waals surface area (Å²) in [6.07, 6.45) is 7.36. The number of aliphatic carboxylic acids is 1. The molecule has 3 heterocycles. The molecule has 1 amide bonds. The van der Waals surface area contributed by atoms with Crippen LogP contribution in [0, 0.1) is 0 Å². The standard InChI is InChI=1S/C21H19N5O3/c27-20(25-17(21(28)29)7-12-26-10-1-2-11-26)15-3-4-16-18(13-15)24-19(23-16)14-5-8-22-9-6-14/h1-6,8-11,13,17H,7,12H2,(H,23,24)(H,25,27)(H,28,29). The minimum atomic E-state index is -1.06. The third-order valence-electron chi connectivity index (χ3n) is 4.64. The lowest BCUT2D eigenvalue weighted by Gasteiger charge is -2.15. The molecular weight excluding hydrogens is 370 g/mol. The van der Waals surface area contributed by atoms with Crippen LogP contribution in [0.2, 0.25) is 0 Å². The average Bonchev–Trinajstić information content (AvgIpc) is 3.40. The summed E-state index contributed by atoms with van der Waals surface area (Å²) in [7, 11) is 0. The van der Waals surface area contributed by atoms with Crippen molar-refractivity contribution in [2.24, 2.45) is 0 Å². The first-order valence-corrected chi connectivity index (χ1v) is 9.15. The molecule has 1 atom stereocenters. The van der Waals surface area contributed by atoms with Crippen LogP contribution < -0.4 is 5.32 Å². The molecule has 0 aliphatic heterocycles. The number of pyridine rings is 1. The lowest BCUT2D eigenvalue weighted by atomic mass is 10.1. The van der Waals surface area contributed by atoms with E-state index in [1.807, 2.05) is 41.2 Å². The highest BCUT2D eigenvalue weighted by atomic mass is 16.4. The summed E-state index contributed by atoms with van der Waals surface area (Å²) in [6, 6.07) is 11.5. The van der Waals surface area contributed by atoms with E-state index in [0.717, 1.165) is 11.1 Å². The Balaban J connectivity index is 1.50. The zero-order valence-corrected chi connectivity index (χ0v) is 15.4. The average molecular weight is 389 g/mol. The summed E-state index contributed by atoms with van der Waals surface area (Å²) in [5.41, 5.74) is 2.67. The Morgan fingerprint density at radius 3 is 2.62 bits per heavy atom. The highest BCUT2D eigenvalue weighted by Crippen LogP contribution is 2.20. The molecular formula is C21H19N5O3. The van der Waals surface area contributed by atoms with Crippen molar-refractivity contribution in [2.45, 2.75) is 19.0 Å². The molecule has 3 N–H and O–H groups in total. The predicted molar refractivity (Wildman–Crippen MR) is 107 cm³/mol. The van der Waals surface area contributed by atoms with Crippen LogP contribution in [0.3, 0.4) is 0 Å². The van der Waals surface area contributed by atoms with Crippen molar-refractivity contribution >= 4 is 22.9 Å². The van der Waals surface area contributed by atoms with Gasteiger partial charge in [0.1, 0.15) is 11.9 Å². The van der Waals surface area contributed by atoms with Crippen LogP contribution in [0.15, 0.2) is 67.3 Å². The lowest BCUT2D eigenvalue weighted by molar-refractivity contribution is -0.139. The number of rotatable bonds is 7. The molecule has 0 radical (unpaired) electrons. The summed E-state index contributed by atoms with van der Waals surface area (Å²) in [4.78, 5) is 35.9. The van der Waals surface area contributed by atoms with E-state index in [0.29, 0.717) is 23.4 Å². The van der Waals surface area contributed by atoms with Gasteiger partial charge >= 0.3 is 5.97 Å². The van der Waals surface area contributed by atoms with E-state index in [-0.39, 0.29) is 6.42 Å². The highest BCUT2D eigenvalue weighted by molar-refractivity contribution is 5.99. The van der Waals surface area contributed by atoms with E-state index in [9.17, 15) is 14.7 Å². The molecule has 4 rings (SSSR count). The van der Waals surface area contributed by atoms with Crippen molar-refractivity contribution in [1.29, 1.82) is 0 Å². The van der Waals surface area contributed by atoms with E-state index < -0.39 is 17.9 Å². The number of carboxylic acids is 1. The molecule has 1 unspecified atom stereocenters. The van der Waals surface area contributed by atoms with Gasteiger partial charge in [-0.25, -0.2) is 9.78 Å². The van der Waals surface area contributed by atoms with E-state index in [1.165, 1.54) is 0 Å². The fraction of sp³-hybridized carbons (Fsp3) is 0.143. The molecule has 0 saturated heterocycles. The number of carbonyl (C=O) groups is 2. The van der Waals surface area contributed by atoms with Crippen LogP contribution in [0.4, 0.5) is 0 Å². The van der Waals surface area contributed by atoms with Crippen LogP contribution in [0.1, 0.15) is 16.8 Å². The molecule has 1 aromatic carbocycles. The largest absolute Gasteiger partial charge is 0.480 e. The second-order valence-electron chi connectivity index (χ2n) is 6.63. The zero-order chi connectivity index (χ0) is 20.2. The number of benzene rings is 1. The van der Waals surface area contributed by atoms with Gasteiger partial charge in [-0.1, -0.05) is 0 Å². The number of hydrogen-bond acceptors (Lipinski definition) is 4. The molecule has 8 heteroatoms. The summed E-state index contributed by atoms with van der Waals surface area (Å²) in [5.74, 6) is -0.824. The second-order valence-corrected chi connectivity index (χ2v) is 6.63. The summed E-state index contributed by atoms with van der Waals surface area (Å²) in [6.45, 7) is 0.499. The van der Waals surface area contributed by atoms with Gasteiger partial charge in [-0.3, -0.25) is 9.78 Å². The zero-order valence-electron chi connectivity index (χ0n) is 15.4. The maximum atomic E-state index is 12.6. The number of amides is 1. The molecule has 29 heavy (non-hydrogen) atoms. The maximum absolute atomic E-state index is 12.6. The first-order valence-electron chi connectivity index (χ1n) is 9.15. The van der Waals surface area contributed by atoms with E-state index in [1.54, 1.807) is 30.6 Å². The quantitative estimate of drug-likeness (QED) is 0.450. The molecule has 0 fully saturated rings. The fourth-order valence-corrected chi connectivity index (χ4v) is 3.09. The van der Waals surface area contributed by atoms with E-state index >= 15 is 0 Å². The second kappa shape index (κ2) is 7.97. The Morgan fingerprint density at radius 1 is 1.14 bits per heavy atom. The Morgan fingerprint density at radius 2 is 1.90 bits per heavy atom. The van der Waals surface area contributed by atoms with Gasteiger partial charge in [0.15, 0.2) is 0 Å². The lowest BCUT2D eigenvalue weighted by Crippen LogP contribution is -2.41. The smallest absolute Gasteiger partial charge is 0.326 e. The molecule has 146 valence electrons. The van der Waals surface area contributed by atoms with E-state index in [2.05, 4.69) is 20.3 Å². The summed E-state index contributed by atoms with van der Waals surface area (Å²) in [5, 5.41) is 12.1. The Bertz CT molecular complexity index is 1140. The van der Waals surface area contributed by atoms with Crippen molar-refractivity contribution in [1.82, 2.24) is 24.8 Å². The SMILES string of the molecule is O=C(NC(CCn1cccc1)C(=O)O)c1ccc2nc(-c3ccncc3)[nH]c2c1. The van der Waals surface area contributed by atoms with Crippen molar-refractivity contribution in [3.8, 4) is 11.4 Å². The number of nitrogens with zero attached hydrogens (tertiary/aromatic N) is 3. The molecule has 8 nitrogen and oxygen atoms in total. The van der Waals surface area contributed by atoms with Gasteiger partial charge in [-0.2, -0.15) is 0 Å². The molecule has 0 aliphatic rings.